The van der Waals surface area contributed by atoms with Crippen molar-refractivity contribution in [3.63, 3.8) is 0 Å². The van der Waals surface area contributed by atoms with Crippen LogP contribution in [0, 0.1) is 0 Å². The first-order valence-electron chi connectivity index (χ1n) is 9.19. The van der Waals surface area contributed by atoms with Crippen molar-refractivity contribution in [3.05, 3.63) is 90.2 Å². The van der Waals surface area contributed by atoms with E-state index in [0.29, 0.717) is 18.5 Å². The molecule has 1 aliphatic rings. The molecule has 4 rings (SSSR count). The molecule has 0 saturated heterocycles. The second kappa shape index (κ2) is 7.60. The molecule has 2 aromatic carbocycles. The first kappa shape index (κ1) is 17.9. The molecule has 0 fully saturated rings. The number of carbonyl (C=O) groups excluding carboxylic acids is 1. The Labute approximate surface area is 163 Å². The van der Waals surface area contributed by atoms with Crippen molar-refractivity contribution in [2.75, 3.05) is 6.54 Å². The van der Waals surface area contributed by atoms with Gasteiger partial charge in [0.05, 0.1) is 12.4 Å². The highest BCUT2D eigenvalue weighted by Gasteiger charge is 2.40. The fraction of sp³-hybridized carbons (Fsp3) is 0.182. The van der Waals surface area contributed by atoms with Gasteiger partial charge in [-0.3, -0.25) is 4.79 Å². The van der Waals surface area contributed by atoms with Crippen LogP contribution in [0.3, 0.4) is 0 Å². The van der Waals surface area contributed by atoms with Crippen LogP contribution >= 0.6 is 0 Å². The molecule has 0 saturated carbocycles. The minimum absolute atomic E-state index is 0.127. The number of hydrogen-bond donors (Lipinski definition) is 2. The average molecular weight is 375 g/mol. The number of aromatic hydroxyl groups is 1. The number of aliphatic hydroxyl groups excluding tert-OH is 1. The minimum atomic E-state index is -0.454. The Balaban J connectivity index is 1.68. The molecule has 1 amide bonds. The van der Waals surface area contributed by atoms with E-state index in [4.69, 9.17) is 0 Å². The lowest BCUT2D eigenvalue weighted by atomic mass is 9.93. The van der Waals surface area contributed by atoms with Gasteiger partial charge in [0.25, 0.3) is 5.91 Å². The Morgan fingerprint density at radius 1 is 1.00 bits per heavy atom. The van der Waals surface area contributed by atoms with E-state index in [2.05, 4.69) is 4.98 Å². The first-order valence-corrected chi connectivity index (χ1v) is 9.19. The maximum atomic E-state index is 12.9. The highest BCUT2D eigenvalue weighted by molar-refractivity contribution is 6.05. The zero-order valence-electron chi connectivity index (χ0n) is 15.3. The van der Waals surface area contributed by atoms with E-state index in [-0.39, 0.29) is 11.5 Å². The van der Waals surface area contributed by atoms with Crippen LogP contribution in [0.5, 0.6) is 5.75 Å². The molecule has 1 unspecified atom stereocenters. The van der Waals surface area contributed by atoms with Gasteiger partial charge in [-0.25, -0.2) is 4.98 Å². The molecule has 2 heterocycles. The van der Waals surface area contributed by atoms with Crippen LogP contribution in [0.15, 0.2) is 79.1 Å². The summed E-state index contributed by atoms with van der Waals surface area (Å²) < 4.78 is 1.95. The number of nitrogens with zero attached hydrogens (tertiary/aromatic N) is 3. The quantitative estimate of drug-likeness (QED) is 0.691. The second-order valence-corrected chi connectivity index (χ2v) is 6.78. The Kier molecular flexibility index (Phi) is 4.85. The molecule has 3 aromatic rings. The maximum Gasteiger partial charge on any atom is 0.289 e. The number of rotatable bonds is 6. The van der Waals surface area contributed by atoms with Crippen LogP contribution in [0.4, 0.5) is 0 Å². The summed E-state index contributed by atoms with van der Waals surface area (Å²) in [4.78, 5) is 18.6. The molecular weight excluding hydrogens is 354 g/mol. The summed E-state index contributed by atoms with van der Waals surface area (Å²) >= 11 is 0. The van der Waals surface area contributed by atoms with E-state index in [1.54, 1.807) is 35.6 Å². The van der Waals surface area contributed by atoms with E-state index in [1.165, 1.54) is 0 Å². The largest absolute Gasteiger partial charge is 0.508 e. The van der Waals surface area contributed by atoms with Gasteiger partial charge in [-0.15, -0.1) is 0 Å². The minimum Gasteiger partial charge on any atom is -0.508 e. The number of amides is 1. The van der Waals surface area contributed by atoms with Crippen LogP contribution < -0.4 is 0 Å². The van der Waals surface area contributed by atoms with Gasteiger partial charge in [-0.1, -0.05) is 42.5 Å². The van der Waals surface area contributed by atoms with Crippen LogP contribution in [-0.2, 0) is 11.3 Å². The van der Waals surface area contributed by atoms with Crippen LogP contribution in [0.25, 0.3) is 5.57 Å². The van der Waals surface area contributed by atoms with Crippen molar-refractivity contribution in [1.29, 1.82) is 0 Å². The fourth-order valence-corrected chi connectivity index (χ4v) is 3.68. The highest BCUT2D eigenvalue weighted by atomic mass is 16.3. The molecule has 6 nitrogen and oxygen atoms in total. The third kappa shape index (κ3) is 3.36. The van der Waals surface area contributed by atoms with Crippen LogP contribution in [0.2, 0.25) is 0 Å². The number of carbonyl (C=O) groups is 1. The van der Waals surface area contributed by atoms with Gasteiger partial charge in [0.1, 0.15) is 5.75 Å². The number of aromatic nitrogens is 2. The second-order valence-electron chi connectivity index (χ2n) is 6.78. The van der Waals surface area contributed by atoms with Gasteiger partial charge < -0.3 is 19.7 Å². The Hall–Kier alpha value is -3.54. The predicted molar refractivity (Wildman–Crippen MR) is 105 cm³/mol. The molecule has 1 aromatic heterocycles. The molecule has 2 N–H and O–H groups in total. The van der Waals surface area contributed by atoms with Crippen molar-refractivity contribution in [1.82, 2.24) is 14.5 Å². The average Bonchev–Trinajstić information content (AvgIpc) is 3.31. The van der Waals surface area contributed by atoms with E-state index >= 15 is 0 Å². The molecule has 0 aliphatic carbocycles. The molecule has 28 heavy (non-hydrogen) atoms. The number of benzene rings is 2. The molecule has 0 radical (unpaired) electrons. The number of hydrogen-bond acceptors (Lipinski definition) is 4. The molecule has 0 spiro atoms. The lowest BCUT2D eigenvalue weighted by Crippen LogP contribution is -2.31. The van der Waals surface area contributed by atoms with E-state index in [0.717, 1.165) is 17.7 Å². The molecular formula is C22H21N3O3. The summed E-state index contributed by atoms with van der Waals surface area (Å²) in [5, 5.41) is 20.6. The van der Waals surface area contributed by atoms with E-state index in [1.807, 2.05) is 47.2 Å². The van der Waals surface area contributed by atoms with Crippen molar-refractivity contribution < 1.29 is 15.0 Å². The summed E-state index contributed by atoms with van der Waals surface area (Å²) in [6.07, 6.45) is 6.05. The van der Waals surface area contributed by atoms with Gasteiger partial charge in [-0.2, -0.15) is 0 Å². The SMILES string of the molecule is O=C1C(O)=C(c2ccccc2)C(c2cccc(O)c2)N1CCCn1ccnc1. The van der Waals surface area contributed by atoms with Crippen molar-refractivity contribution in [2.24, 2.45) is 0 Å². The third-order valence-corrected chi connectivity index (χ3v) is 4.95. The predicted octanol–water partition coefficient (Wildman–Crippen LogP) is 3.53. The number of phenols is 1. The number of aliphatic hydroxyl groups is 1. The highest BCUT2D eigenvalue weighted by Crippen LogP contribution is 2.43. The smallest absolute Gasteiger partial charge is 0.289 e. The van der Waals surface area contributed by atoms with Gasteiger partial charge in [0, 0.05) is 31.1 Å². The normalized spacial score (nSPS) is 16.8. The summed E-state index contributed by atoms with van der Waals surface area (Å²) in [7, 11) is 0. The molecule has 0 bridgehead atoms. The van der Waals surface area contributed by atoms with Crippen molar-refractivity contribution in [3.8, 4) is 5.75 Å². The van der Waals surface area contributed by atoms with Crippen molar-refractivity contribution >= 4 is 11.5 Å². The van der Waals surface area contributed by atoms with Crippen molar-refractivity contribution in [2.45, 2.75) is 19.0 Å². The lowest BCUT2D eigenvalue weighted by Gasteiger charge is -2.27. The monoisotopic (exact) mass is 375 g/mol. The summed E-state index contributed by atoms with van der Waals surface area (Å²) in [6, 6.07) is 15.8. The Bertz CT molecular complexity index is 997. The van der Waals surface area contributed by atoms with Gasteiger partial charge in [-0.05, 0) is 29.7 Å². The number of phenolic OH excluding ortho intramolecular Hbond substituents is 1. The zero-order valence-corrected chi connectivity index (χ0v) is 15.3. The van der Waals surface area contributed by atoms with Crippen LogP contribution in [-0.4, -0.2) is 37.1 Å². The molecule has 1 atom stereocenters. The standard InChI is InChI=1S/C22H21N3O3/c26-18-9-4-8-17(14-18)20-19(16-6-2-1-3-7-16)21(27)22(28)25(20)12-5-11-24-13-10-23-15-24/h1-4,6-10,13-15,20,26-27H,5,11-12H2. The Morgan fingerprint density at radius 2 is 1.82 bits per heavy atom. The molecule has 1 aliphatic heterocycles. The fourth-order valence-electron chi connectivity index (χ4n) is 3.68. The Morgan fingerprint density at radius 3 is 2.54 bits per heavy atom. The molecule has 142 valence electrons. The number of imidazole rings is 1. The summed E-state index contributed by atoms with van der Waals surface area (Å²) in [6.45, 7) is 1.19. The number of aryl methyl sites for hydroxylation is 1. The zero-order chi connectivity index (χ0) is 19.5. The summed E-state index contributed by atoms with van der Waals surface area (Å²) in [5.74, 6) is -0.498. The summed E-state index contributed by atoms with van der Waals surface area (Å²) in [5.41, 5.74) is 2.12. The van der Waals surface area contributed by atoms with E-state index in [9.17, 15) is 15.0 Å². The van der Waals surface area contributed by atoms with Gasteiger partial charge >= 0.3 is 0 Å². The molecule has 6 heteroatoms. The van der Waals surface area contributed by atoms with Gasteiger partial charge in [0.2, 0.25) is 0 Å². The first-order chi connectivity index (χ1) is 13.6. The van der Waals surface area contributed by atoms with Crippen LogP contribution in [0.1, 0.15) is 23.6 Å². The topological polar surface area (TPSA) is 78.6 Å². The third-order valence-electron chi connectivity index (χ3n) is 4.95. The lowest BCUT2D eigenvalue weighted by molar-refractivity contribution is -0.129. The van der Waals surface area contributed by atoms with Gasteiger partial charge in [0.15, 0.2) is 5.76 Å². The maximum absolute atomic E-state index is 12.9. The van der Waals surface area contributed by atoms with E-state index < -0.39 is 11.9 Å².